The van der Waals surface area contributed by atoms with E-state index < -0.39 is 0 Å². The highest BCUT2D eigenvalue weighted by Crippen LogP contribution is 2.24. The SMILES string of the molecule is c1ccc2c(c1)[nH]c1c[n+](CCCCCCC[n+]3ccc4c(c3)[nH]c3ccccc34)ccc12. The number of aromatic amines is 2. The number of pyridine rings is 2. The number of para-hydroxylation sites is 2. The number of rotatable bonds is 8. The number of fused-ring (bicyclic) bond motifs is 6. The largest absolute Gasteiger partial charge is 0.350 e. The normalized spacial score (nSPS) is 11.9. The highest BCUT2D eigenvalue weighted by Gasteiger charge is 2.10. The zero-order valence-corrected chi connectivity index (χ0v) is 18.9. The monoisotopic (exact) mass is 434 g/mol. The Labute approximate surface area is 193 Å². The predicted octanol–water partition coefficient (Wildman–Crippen LogP) is 6.18. The topological polar surface area (TPSA) is 39.3 Å². The Hall–Kier alpha value is -3.66. The summed E-state index contributed by atoms with van der Waals surface area (Å²) in [4.78, 5) is 7.09. The molecule has 0 atom stereocenters. The predicted molar refractivity (Wildman–Crippen MR) is 135 cm³/mol. The van der Waals surface area contributed by atoms with Crippen molar-refractivity contribution in [1.29, 1.82) is 0 Å². The van der Waals surface area contributed by atoms with Crippen LogP contribution in [0.1, 0.15) is 32.1 Å². The van der Waals surface area contributed by atoms with E-state index >= 15 is 0 Å². The third kappa shape index (κ3) is 3.97. The second-order valence-electron chi connectivity index (χ2n) is 9.13. The second kappa shape index (κ2) is 8.70. The zero-order chi connectivity index (χ0) is 22.0. The molecule has 4 aromatic heterocycles. The van der Waals surface area contributed by atoms with Crippen molar-refractivity contribution < 1.29 is 9.13 Å². The van der Waals surface area contributed by atoms with Gasteiger partial charge in [0.2, 0.25) is 0 Å². The summed E-state index contributed by atoms with van der Waals surface area (Å²) in [7, 11) is 0. The molecule has 0 bridgehead atoms. The third-order valence-corrected chi connectivity index (χ3v) is 6.84. The van der Waals surface area contributed by atoms with Gasteiger partial charge in [-0.1, -0.05) is 42.8 Å². The van der Waals surface area contributed by atoms with E-state index in [9.17, 15) is 0 Å². The number of benzene rings is 2. The molecule has 0 spiro atoms. The Morgan fingerprint density at radius 1 is 0.455 bits per heavy atom. The lowest BCUT2D eigenvalue weighted by atomic mass is 10.1. The lowest BCUT2D eigenvalue weighted by Gasteiger charge is -2.00. The second-order valence-corrected chi connectivity index (χ2v) is 9.13. The van der Waals surface area contributed by atoms with Gasteiger partial charge in [-0.3, -0.25) is 0 Å². The van der Waals surface area contributed by atoms with Gasteiger partial charge in [-0.2, -0.15) is 0 Å². The molecule has 2 aromatic carbocycles. The summed E-state index contributed by atoms with van der Waals surface area (Å²) >= 11 is 0. The van der Waals surface area contributed by atoms with E-state index in [2.05, 4.69) is 105 Å². The number of nitrogens with one attached hydrogen (secondary N) is 2. The quantitative estimate of drug-likeness (QED) is 0.212. The van der Waals surface area contributed by atoms with Gasteiger partial charge in [-0.05, 0) is 25.0 Å². The van der Waals surface area contributed by atoms with Crippen LogP contribution in [0.2, 0.25) is 0 Å². The van der Waals surface area contributed by atoms with Crippen molar-refractivity contribution >= 4 is 43.6 Å². The molecule has 0 fully saturated rings. The van der Waals surface area contributed by atoms with Crippen LogP contribution < -0.4 is 9.13 Å². The van der Waals surface area contributed by atoms with Gasteiger partial charge in [-0.15, -0.1) is 0 Å². The summed E-state index contributed by atoms with van der Waals surface area (Å²) in [6, 6.07) is 21.6. The third-order valence-electron chi connectivity index (χ3n) is 6.84. The Kier molecular flexibility index (Phi) is 5.27. The van der Waals surface area contributed by atoms with Crippen LogP contribution >= 0.6 is 0 Å². The fraction of sp³-hybridized carbons (Fsp3) is 0.241. The average molecular weight is 435 g/mol. The van der Waals surface area contributed by atoms with Crippen LogP contribution in [0.4, 0.5) is 0 Å². The molecule has 0 radical (unpaired) electrons. The summed E-state index contributed by atoms with van der Waals surface area (Å²) in [6.45, 7) is 2.16. The number of unbranched alkanes of at least 4 members (excludes halogenated alkanes) is 4. The van der Waals surface area contributed by atoms with Crippen molar-refractivity contribution in [3.63, 3.8) is 0 Å². The maximum Gasteiger partial charge on any atom is 0.193 e. The molecule has 4 nitrogen and oxygen atoms in total. The van der Waals surface area contributed by atoms with Gasteiger partial charge in [-0.25, -0.2) is 9.13 Å². The number of aromatic nitrogens is 4. The maximum absolute atomic E-state index is 3.55. The molecule has 0 aliphatic rings. The van der Waals surface area contributed by atoms with Gasteiger partial charge in [0.05, 0.1) is 0 Å². The van der Waals surface area contributed by atoms with Crippen molar-refractivity contribution in [2.75, 3.05) is 0 Å². The Morgan fingerprint density at radius 2 is 0.879 bits per heavy atom. The molecule has 0 aliphatic carbocycles. The molecular weight excluding hydrogens is 404 g/mol. The maximum atomic E-state index is 3.55. The van der Waals surface area contributed by atoms with Crippen LogP contribution in [0.3, 0.4) is 0 Å². The van der Waals surface area contributed by atoms with Crippen molar-refractivity contribution in [3.05, 3.63) is 85.5 Å². The molecule has 0 unspecified atom stereocenters. The van der Waals surface area contributed by atoms with Crippen molar-refractivity contribution in [2.45, 2.75) is 45.2 Å². The summed E-state index contributed by atoms with van der Waals surface area (Å²) in [5, 5.41) is 5.23. The standard InChI is InChI=1S/C29H28N4/c1(2-8-16-32-18-14-24-22-10-4-6-12-26(22)30-28(24)20-32)3-9-17-33-19-15-25-23-11-5-7-13-27(23)31-29(25)21-33/h4-7,10-15,18-21H,1-3,8-9,16-17H2/p+2. The number of nitrogens with zero attached hydrogens (tertiary/aromatic N) is 2. The van der Waals surface area contributed by atoms with Gasteiger partial charge in [0.25, 0.3) is 0 Å². The molecule has 4 heteroatoms. The van der Waals surface area contributed by atoms with Crippen molar-refractivity contribution in [3.8, 4) is 0 Å². The van der Waals surface area contributed by atoms with E-state index in [0.717, 1.165) is 13.1 Å². The van der Waals surface area contributed by atoms with E-state index in [1.165, 1.54) is 75.7 Å². The molecule has 2 N–H and O–H groups in total. The van der Waals surface area contributed by atoms with Crippen LogP contribution in [0.25, 0.3) is 43.6 Å². The van der Waals surface area contributed by atoms with Crippen LogP contribution in [0.5, 0.6) is 0 Å². The van der Waals surface area contributed by atoms with Gasteiger partial charge in [0.1, 0.15) is 24.1 Å². The van der Waals surface area contributed by atoms with Gasteiger partial charge < -0.3 is 9.97 Å². The molecule has 0 saturated carbocycles. The molecule has 0 saturated heterocycles. The first kappa shape index (κ1) is 20.0. The Balaban J connectivity index is 0.977. The molecule has 6 rings (SSSR count). The zero-order valence-electron chi connectivity index (χ0n) is 18.9. The van der Waals surface area contributed by atoms with Gasteiger partial charge in [0.15, 0.2) is 24.8 Å². The lowest BCUT2D eigenvalue weighted by molar-refractivity contribution is -0.696. The van der Waals surface area contributed by atoms with Crippen LogP contribution in [0, 0.1) is 0 Å². The number of hydrogen-bond acceptors (Lipinski definition) is 0. The lowest BCUT2D eigenvalue weighted by Crippen LogP contribution is -2.32. The highest BCUT2D eigenvalue weighted by atomic mass is 14.9. The average Bonchev–Trinajstić information content (AvgIpc) is 3.40. The minimum atomic E-state index is 1.08. The minimum Gasteiger partial charge on any atom is -0.350 e. The highest BCUT2D eigenvalue weighted by molar-refractivity contribution is 6.07. The fourth-order valence-electron chi connectivity index (χ4n) is 5.09. The Morgan fingerprint density at radius 3 is 1.39 bits per heavy atom. The van der Waals surface area contributed by atoms with Crippen molar-refractivity contribution in [2.24, 2.45) is 0 Å². The van der Waals surface area contributed by atoms with E-state index in [1.807, 2.05) is 0 Å². The first-order valence-corrected chi connectivity index (χ1v) is 12.1. The molecule has 0 aliphatic heterocycles. The van der Waals surface area contributed by atoms with Crippen molar-refractivity contribution in [1.82, 2.24) is 9.97 Å². The van der Waals surface area contributed by atoms with Gasteiger partial charge >= 0.3 is 0 Å². The molecular formula is C29H30N4+2. The molecule has 33 heavy (non-hydrogen) atoms. The summed E-state index contributed by atoms with van der Waals surface area (Å²) in [6.07, 6.45) is 15.3. The smallest absolute Gasteiger partial charge is 0.193 e. The first-order chi connectivity index (χ1) is 16.3. The number of H-pyrrole nitrogens is 2. The van der Waals surface area contributed by atoms with E-state index in [0.29, 0.717) is 0 Å². The first-order valence-electron chi connectivity index (χ1n) is 12.1. The van der Waals surface area contributed by atoms with Gasteiger partial charge in [0, 0.05) is 57.6 Å². The van der Waals surface area contributed by atoms with Crippen LogP contribution in [-0.2, 0) is 13.1 Å². The summed E-state index contributed by atoms with van der Waals surface area (Å²) in [5.74, 6) is 0. The van der Waals surface area contributed by atoms with E-state index in [4.69, 9.17) is 0 Å². The molecule has 6 aromatic rings. The van der Waals surface area contributed by atoms with E-state index in [1.54, 1.807) is 0 Å². The minimum absolute atomic E-state index is 1.08. The molecule has 4 heterocycles. The Bertz CT molecular complexity index is 1440. The summed E-state index contributed by atoms with van der Waals surface area (Å²) < 4.78 is 4.65. The fourth-order valence-corrected chi connectivity index (χ4v) is 5.09. The molecule has 0 amide bonds. The van der Waals surface area contributed by atoms with E-state index in [-0.39, 0.29) is 0 Å². The number of hydrogen-bond donors (Lipinski definition) is 2. The molecule has 164 valence electrons. The van der Waals surface area contributed by atoms with Crippen LogP contribution in [0.15, 0.2) is 85.5 Å². The summed E-state index contributed by atoms with van der Waals surface area (Å²) in [5.41, 5.74) is 4.88. The number of aryl methyl sites for hydroxylation is 2. The van der Waals surface area contributed by atoms with Crippen LogP contribution in [-0.4, -0.2) is 9.97 Å².